The summed E-state index contributed by atoms with van der Waals surface area (Å²) < 4.78 is 0. The normalized spacial score (nSPS) is 16.3. The second kappa shape index (κ2) is 6.78. The Hall–Kier alpha value is -0.250. The van der Waals surface area contributed by atoms with E-state index in [1.54, 1.807) is 10.4 Å². The molecular formula is C15H23NS2. The van der Waals surface area contributed by atoms with Crippen LogP contribution in [0.2, 0.25) is 0 Å². The molecular weight excluding hydrogens is 258 g/mol. The molecule has 1 aromatic rings. The second-order valence-electron chi connectivity index (χ2n) is 5.07. The van der Waals surface area contributed by atoms with Gasteiger partial charge in [0.2, 0.25) is 0 Å². The first kappa shape index (κ1) is 14.2. The average Bonchev–Trinajstić information content (AvgIpc) is 2.77. The first-order chi connectivity index (χ1) is 8.70. The molecule has 18 heavy (non-hydrogen) atoms. The highest BCUT2D eigenvalue weighted by Crippen LogP contribution is 2.36. The van der Waals surface area contributed by atoms with Crippen molar-refractivity contribution in [3.63, 3.8) is 0 Å². The van der Waals surface area contributed by atoms with Crippen LogP contribution in [0.25, 0.3) is 0 Å². The Kier molecular flexibility index (Phi) is 5.34. The minimum absolute atomic E-state index is 0.475. The molecule has 1 nitrogen and oxygen atoms in total. The van der Waals surface area contributed by atoms with Gasteiger partial charge in [-0.15, -0.1) is 17.9 Å². The molecule has 0 spiro atoms. The molecule has 0 saturated heterocycles. The van der Waals surface area contributed by atoms with E-state index in [-0.39, 0.29) is 0 Å². The molecule has 0 aromatic carbocycles. The summed E-state index contributed by atoms with van der Waals surface area (Å²) in [5, 5.41) is 3.67. The van der Waals surface area contributed by atoms with Crippen LogP contribution in [-0.4, -0.2) is 12.3 Å². The van der Waals surface area contributed by atoms with Gasteiger partial charge < -0.3 is 5.32 Å². The maximum absolute atomic E-state index is 4.07. The fourth-order valence-electron chi connectivity index (χ4n) is 2.28. The van der Waals surface area contributed by atoms with Crippen LogP contribution in [-0.2, 0) is 12.2 Å². The summed E-state index contributed by atoms with van der Waals surface area (Å²) in [7, 11) is 0. The first-order valence-electron chi connectivity index (χ1n) is 6.77. The lowest BCUT2D eigenvalue weighted by molar-refractivity contribution is 0.535. The van der Waals surface area contributed by atoms with Gasteiger partial charge in [-0.3, -0.25) is 0 Å². The average molecular weight is 281 g/mol. The number of hydrogen-bond donors (Lipinski definition) is 1. The number of aryl methyl sites for hydroxylation is 1. The van der Waals surface area contributed by atoms with Crippen molar-refractivity contribution in [2.24, 2.45) is 0 Å². The topological polar surface area (TPSA) is 12.0 Å². The summed E-state index contributed by atoms with van der Waals surface area (Å²) in [4.78, 5) is 3.13. The van der Waals surface area contributed by atoms with Crippen LogP contribution in [0.3, 0.4) is 0 Å². The minimum Gasteiger partial charge on any atom is -0.309 e. The Morgan fingerprint density at radius 2 is 2.39 bits per heavy atom. The number of nitrogens with one attached hydrogen (secondary N) is 1. The zero-order valence-corrected chi connectivity index (χ0v) is 13.1. The van der Waals surface area contributed by atoms with Gasteiger partial charge in [-0.05, 0) is 50.1 Å². The molecule has 1 aliphatic heterocycles. The molecule has 0 bridgehead atoms. The Morgan fingerprint density at radius 3 is 3.06 bits per heavy atom. The maximum atomic E-state index is 4.07. The van der Waals surface area contributed by atoms with Crippen LogP contribution < -0.4 is 5.32 Å². The number of rotatable bonds is 6. The summed E-state index contributed by atoms with van der Waals surface area (Å²) in [6.45, 7) is 9.52. The van der Waals surface area contributed by atoms with E-state index in [1.807, 2.05) is 11.3 Å². The molecule has 1 aliphatic rings. The van der Waals surface area contributed by atoms with E-state index in [4.69, 9.17) is 0 Å². The lowest BCUT2D eigenvalue weighted by atomic mass is 10.1. The van der Waals surface area contributed by atoms with Crippen molar-refractivity contribution < 1.29 is 0 Å². The van der Waals surface area contributed by atoms with Crippen molar-refractivity contribution in [1.29, 1.82) is 0 Å². The van der Waals surface area contributed by atoms with Gasteiger partial charge in [-0.1, -0.05) is 12.5 Å². The fourth-order valence-corrected chi connectivity index (χ4v) is 4.73. The van der Waals surface area contributed by atoms with E-state index >= 15 is 0 Å². The van der Waals surface area contributed by atoms with Crippen molar-refractivity contribution in [2.45, 2.75) is 44.9 Å². The van der Waals surface area contributed by atoms with Crippen molar-refractivity contribution >= 4 is 23.1 Å². The summed E-state index contributed by atoms with van der Waals surface area (Å²) in [6.07, 6.45) is 3.51. The van der Waals surface area contributed by atoms with E-state index in [1.165, 1.54) is 34.8 Å². The Morgan fingerprint density at radius 1 is 1.56 bits per heavy atom. The van der Waals surface area contributed by atoms with E-state index in [0.29, 0.717) is 6.04 Å². The SMILES string of the molecule is C=C(C)CC(NCCC)c1cc2c(s1)CCSC2. The molecule has 2 rings (SSSR count). The molecule has 0 fully saturated rings. The van der Waals surface area contributed by atoms with Crippen LogP contribution in [0.15, 0.2) is 18.2 Å². The van der Waals surface area contributed by atoms with Gasteiger partial charge in [-0.25, -0.2) is 0 Å². The van der Waals surface area contributed by atoms with E-state index in [9.17, 15) is 0 Å². The lowest BCUT2D eigenvalue weighted by Gasteiger charge is -2.17. The highest BCUT2D eigenvalue weighted by atomic mass is 32.2. The third-order valence-electron chi connectivity index (χ3n) is 3.18. The predicted octanol–water partition coefficient (Wildman–Crippen LogP) is 4.54. The molecule has 1 aromatic heterocycles. The summed E-state index contributed by atoms with van der Waals surface area (Å²) in [5.41, 5.74) is 2.85. The summed E-state index contributed by atoms with van der Waals surface area (Å²) in [6, 6.07) is 2.91. The third kappa shape index (κ3) is 3.62. The molecule has 2 heterocycles. The molecule has 1 atom stereocenters. The van der Waals surface area contributed by atoms with Gasteiger partial charge in [0, 0.05) is 21.5 Å². The van der Waals surface area contributed by atoms with Crippen molar-refractivity contribution in [3.8, 4) is 0 Å². The van der Waals surface area contributed by atoms with Crippen molar-refractivity contribution in [1.82, 2.24) is 5.32 Å². The van der Waals surface area contributed by atoms with Gasteiger partial charge in [0.05, 0.1) is 0 Å². The van der Waals surface area contributed by atoms with Gasteiger partial charge >= 0.3 is 0 Å². The number of thioether (sulfide) groups is 1. The number of fused-ring (bicyclic) bond motifs is 1. The van der Waals surface area contributed by atoms with E-state index < -0.39 is 0 Å². The fraction of sp³-hybridized carbons (Fsp3) is 0.600. The summed E-state index contributed by atoms with van der Waals surface area (Å²) >= 11 is 4.08. The molecule has 1 unspecified atom stereocenters. The Balaban J connectivity index is 2.13. The van der Waals surface area contributed by atoms with Gasteiger partial charge in [0.1, 0.15) is 0 Å². The number of thiophene rings is 1. The van der Waals surface area contributed by atoms with Gasteiger partial charge in [0.15, 0.2) is 0 Å². The smallest absolute Gasteiger partial charge is 0.0452 e. The van der Waals surface area contributed by atoms with Crippen LogP contribution >= 0.6 is 23.1 Å². The van der Waals surface area contributed by atoms with Crippen molar-refractivity contribution in [3.05, 3.63) is 33.5 Å². The molecule has 0 radical (unpaired) electrons. The molecule has 100 valence electrons. The standard InChI is InChI=1S/C15H23NS2/c1-4-6-16-13(8-11(2)3)15-9-12-10-17-7-5-14(12)18-15/h9,13,16H,2,4-8,10H2,1,3H3. The molecule has 0 amide bonds. The number of hydrogen-bond acceptors (Lipinski definition) is 3. The summed E-state index contributed by atoms with van der Waals surface area (Å²) in [5.74, 6) is 2.50. The largest absolute Gasteiger partial charge is 0.309 e. The molecule has 3 heteroatoms. The Labute approximate surface area is 119 Å². The highest BCUT2D eigenvalue weighted by molar-refractivity contribution is 7.98. The molecule has 1 N–H and O–H groups in total. The maximum Gasteiger partial charge on any atom is 0.0452 e. The lowest BCUT2D eigenvalue weighted by Crippen LogP contribution is -2.21. The molecule has 0 saturated carbocycles. The van der Waals surface area contributed by atoms with E-state index in [2.05, 4.69) is 43.6 Å². The first-order valence-corrected chi connectivity index (χ1v) is 8.74. The van der Waals surface area contributed by atoms with E-state index in [0.717, 1.165) is 13.0 Å². The highest BCUT2D eigenvalue weighted by Gasteiger charge is 2.19. The van der Waals surface area contributed by atoms with Gasteiger partial charge in [0.25, 0.3) is 0 Å². The third-order valence-corrected chi connectivity index (χ3v) is 5.54. The van der Waals surface area contributed by atoms with Gasteiger partial charge in [-0.2, -0.15) is 11.8 Å². The predicted molar refractivity (Wildman–Crippen MR) is 84.7 cm³/mol. The monoisotopic (exact) mass is 281 g/mol. The van der Waals surface area contributed by atoms with Crippen LogP contribution in [0.5, 0.6) is 0 Å². The zero-order chi connectivity index (χ0) is 13.0. The van der Waals surface area contributed by atoms with Crippen molar-refractivity contribution in [2.75, 3.05) is 12.3 Å². The second-order valence-corrected chi connectivity index (χ2v) is 7.34. The quantitative estimate of drug-likeness (QED) is 0.768. The minimum atomic E-state index is 0.475. The van der Waals surface area contributed by atoms with Crippen LogP contribution in [0.1, 0.15) is 48.0 Å². The Bertz CT molecular complexity index is 385. The van der Waals surface area contributed by atoms with Crippen LogP contribution in [0, 0.1) is 0 Å². The van der Waals surface area contributed by atoms with Crippen LogP contribution in [0.4, 0.5) is 0 Å². The molecule has 0 aliphatic carbocycles. The zero-order valence-electron chi connectivity index (χ0n) is 11.4.